The van der Waals surface area contributed by atoms with Gasteiger partial charge in [-0.1, -0.05) is 18.2 Å². The summed E-state index contributed by atoms with van der Waals surface area (Å²) in [4.78, 5) is 30.0. The van der Waals surface area contributed by atoms with Crippen LogP contribution in [0.5, 0.6) is 0 Å². The van der Waals surface area contributed by atoms with Gasteiger partial charge in [-0.25, -0.2) is 4.68 Å². The van der Waals surface area contributed by atoms with Crippen molar-refractivity contribution in [3.63, 3.8) is 0 Å². The first-order valence-electron chi connectivity index (χ1n) is 10.1. The SMILES string of the molecule is CC1CN(CC2CCCN2C(=O)Cn2ncc3ccccc3c2=O)CC(C)O1. The van der Waals surface area contributed by atoms with Crippen LogP contribution < -0.4 is 5.56 Å². The fourth-order valence-corrected chi connectivity index (χ4v) is 4.54. The van der Waals surface area contributed by atoms with Crippen molar-refractivity contribution in [1.29, 1.82) is 0 Å². The van der Waals surface area contributed by atoms with Crippen LogP contribution in [0.15, 0.2) is 35.3 Å². The second-order valence-electron chi connectivity index (χ2n) is 8.05. The van der Waals surface area contributed by atoms with Crippen LogP contribution in [0.4, 0.5) is 0 Å². The van der Waals surface area contributed by atoms with Crippen LogP contribution in [0.3, 0.4) is 0 Å². The van der Waals surface area contributed by atoms with Crippen molar-refractivity contribution in [2.24, 2.45) is 0 Å². The number of hydrogen-bond donors (Lipinski definition) is 0. The molecule has 2 aliphatic rings. The molecule has 1 aromatic heterocycles. The second-order valence-corrected chi connectivity index (χ2v) is 8.05. The number of carbonyl (C=O) groups is 1. The maximum atomic E-state index is 13.0. The minimum atomic E-state index is -0.210. The monoisotopic (exact) mass is 384 g/mol. The van der Waals surface area contributed by atoms with Gasteiger partial charge in [0, 0.05) is 37.6 Å². The van der Waals surface area contributed by atoms with Gasteiger partial charge in [0.15, 0.2) is 0 Å². The quantitative estimate of drug-likeness (QED) is 0.799. The summed E-state index contributed by atoms with van der Waals surface area (Å²) in [5.41, 5.74) is -0.210. The third-order valence-corrected chi connectivity index (χ3v) is 5.71. The minimum absolute atomic E-state index is 0.00388. The summed E-state index contributed by atoms with van der Waals surface area (Å²) in [6, 6.07) is 7.54. The average molecular weight is 384 g/mol. The Morgan fingerprint density at radius 1 is 1.21 bits per heavy atom. The number of amides is 1. The van der Waals surface area contributed by atoms with E-state index in [0.29, 0.717) is 5.39 Å². The number of rotatable bonds is 4. The molecule has 3 atom stereocenters. The molecule has 0 bridgehead atoms. The van der Waals surface area contributed by atoms with Gasteiger partial charge in [-0.3, -0.25) is 14.5 Å². The van der Waals surface area contributed by atoms with Gasteiger partial charge in [0.05, 0.1) is 23.8 Å². The van der Waals surface area contributed by atoms with E-state index in [0.717, 1.165) is 44.4 Å². The molecular weight excluding hydrogens is 356 g/mol. The zero-order valence-electron chi connectivity index (χ0n) is 16.6. The molecule has 0 spiro atoms. The Balaban J connectivity index is 1.45. The molecule has 1 amide bonds. The van der Waals surface area contributed by atoms with Gasteiger partial charge in [0.2, 0.25) is 5.91 Å². The second kappa shape index (κ2) is 8.01. The Morgan fingerprint density at radius 2 is 1.96 bits per heavy atom. The zero-order valence-corrected chi connectivity index (χ0v) is 16.6. The van der Waals surface area contributed by atoms with Gasteiger partial charge in [0.1, 0.15) is 6.54 Å². The predicted molar refractivity (Wildman–Crippen MR) is 107 cm³/mol. The van der Waals surface area contributed by atoms with Crippen molar-refractivity contribution in [3.8, 4) is 0 Å². The molecule has 28 heavy (non-hydrogen) atoms. The van der Waals surface area contributed by atoms with Gasteiger partial charge in [0.25, 0.3) is 5.56 Å². The van der Waals surface area contributed by atoms with E-state index in [9.17, 15) is 9.59 Å². The predicted octanol–water partition coefficient (Wildman–Crippen LogP) is 1.50. The lowest BCUT2D eigenvalue weighted by atomic mass is 10.1. The minimum Gasteiger partial charge on any atom is -0.373 e. The zero-order chi connectivity index (χ0) is 19.7. The fraction of sp³-hybridized carbons (Fsp3) is 0.571. The van der Waals surface area contributed by atoms with E-state index >= 15 is 0 Å². The van der Waals surface area contributed by atoms with Crippen LogP contribution in [0.25, 0.3) is 10.8 Å². The van der Waals surface area contributed by atoms with Crippen molar-refractivity contribution in [2.75, 3.05) is 26.2 Å². The Bertz CT molecular complexity index is 902. The first kappa shape index (κ1) is 19.1. The summed E-state index contributed by atoms with van der Waals surface area (Å²) >= 11 is 0. The summed E-state index contributed by atoms with van der Waals surface area (Å²) in [6.07, 6.45) is 4.10. The number of nitrogens with zero attached hydrogens (tertiary/aromatic N) is 4. The number of hydrogen-bond acceptors (Lipinski definition) is 5. The van der Waals surface area contributed by atoms with Gasteiger partial charge < -0.3 is 9.64 Å². The standard InChI is InChI=1S/C21H28N4O3/c1-15-11-23(12-16(2)28-15)13-18-7-5-9-24(18)20(26)14-25-21(27)19-8-4-3-6-17(19)10-22-25/h3-4,6,8,10,15-16,18H,5,7,9,11-14H2,1-2H3. The van der Waals surface area contributed by atoms with E-state index in [2.05, 4.69) is 23.8 Å². The van der Waals surface area contributed by atoms with Crippen molar-refractivity contribution in [1.82, 2.24) is 19.6 Å². The highest BCUT2D eigenvalue weighted by molar-refractivity contribution is 5.81. The van der Waals surface area contributed by atoms with Crippen LogP contribution in [-0.2, 0) is 16.1 Å². The summed E-state index contributed by atoms with van der Waals surface area (Å²) in [7, 11) is 0. The molecule has 150 valence electrons. The van der Waals surface area contributed by atoms with Crippen molar-refractivity contribution < 1.29 is 9.53 Å². The third-order valence-electron chi connectivity index (χ3n) is 5.71. The number of aromatic nitrogens is 2. The fourth-order valence-electron chi connectivity index (χ4n) is 4.54. The van der Waals surface area contributed by atoms with Crippen LogP contribution in [0.1, 0.15) is 26.7 Å². The maximum absolute atomic E-state index is 13.0. The van der Waals surface area contributed by atoms with Crippen molar-refractivity contribution >= 4 is 16.7 Å². The Hall–Kier alpha value is -2.25. The maximum Gasteiger partial charge on any atom is 0.275 e. The molecular formula is C21H28N4O3. The molecule has 0 radical (unpaired) electrons. The Morgan fingerprint density at radius 3 is 2.75 bits per heavy atom. The molecule has 0 saturated carbocycles. The lowest BCUT2D eigenvalue weighted by Gasteiger charge is -2.38. The highest BCUT2D eigenvalue weighted by atomic mass is 16.5. The molecule has 7 nitrogen and oxygen atoms in total. The molecule has 2 saturated heterocycles. The summed E-state index contributed by atoms with van der Waals surface area (Å²) in [5, 5.41) is 5.60. The number of ether oxygens (including phenoxy) is 1. The number of carbonyl (C=O) groups excluding carboxylic acids is 1. The number of fused-ring (bicyclic) bond motifs is 1. The molecule has 3 unspecified atom stereocenters. The smallest absolute Gasteiger partial charge is 0.275 e. The van der Waals surface area contributed by atoms with E-state index in [1.807, 2.05) is 23.1 Å². The number of benzene rings is 1. The molecule has 4 rings (SSSR count). The largest absolute Gasteiger partial charge is 0.373 e. The lowest BCUT2D eigenvalue weighted by molar-refractivity contribution is -0.133. The summed E-state index contributed by atoms with van der Waals surface area (Å²) in [6.45, 7) is 7.60. The van der Waals surface area contributed by atoms with Crippen molar-refractivity contribution in [2.45, 2.75) is 51.5 Å². The summed E-state index contributed by atoms with van der Waals surface area (Å²) in [5.74, 6) is -0.0262. The highest BCUT2D eigenvalue weighted by Gasteiger charge is 2.32. The van der Waals surface area contributed by atoms with Crippen molar-refractivity contribution in [3.05, 3.63) is 40.8 Å². The first-order valence-corrected chi connectivity index (χ1v) is 10.1. The van der Waals surface area contributed by atoms with E-state index < -0.39 is 0 Å². The van der Waals surface area contributed by atoms with Gasteiger partial charge in [-0.15, -0.1) is 0 Å². The molecule has 0 N–H and O–H groups in total. The van der Waals surface area contributed by atoms with Gasteiger partial charge in [-0.05, 0) is 32.8 Å². The molecule has 2 aromatic rings. The van der Waals surface area contributed by atoms with E-state index in [4.69, 9.17) is 4.74 Å². The van der Waals surface area contributed by atoms with Crippen LogP contribution >= 0.6 is 0 Å². The topological polar surface area (TPSA) is 67.7 Å². The van der Waals surface area contributed by atoms with Gasteiger partial charge >= 0.3 is 0 Å². The van der Waals surface area contributed by atoms with E-state index in [1.54, 1.807) is 12.3 Å². The van der Waals surface area contributed by atoms with Crippen LogP contribution in [0, 0.1) is 0 Å². The lowest BCUT2D eigenvalue weighted by Crippen LogP contribution is -2.51. The Labute approximate surface area is 164 Å². The van der Waals surface area contributed by atoms with E-state index in [1.165, 1.54) is 4.68 Å². The van der Waals surface area contributed by atoms with E-state index in [-0.39, 0.29) is 36.3 Å². The number of morpholine rings is 1. The molecule has 0 aliphatic carbocycles. The first-order chi connectivity index (χ1) is 13.5. The van der Waals surface area contributed by atoms with Gasteiger partial charge in [-0.2, -0.15) is 5.10 Å². The molecule has 1 aromatic carbocycles. The number of likely N-dealkylation sites (tertiary alicyclic amines) is 1. The van der Waals surface area contributed by atoms with Crippen LogP contribution in [0.2, 0.25) is 0 Å². The summed E-state index contributed by atoms with van der Waals surface area (Å²) < 4.78 is 7.10. The normalized spacial score (nSPS) is 26.1. The molecule has 7 heteroatoms. The molecule has 2 aliphatic heterocycles. The van der Waals surface area contributed by atoms with Crippen LogP contribution in [-0.4, -0.2) is 69.9 Å². The molecule has 2 fully saturated rings. The highest BCUT2D eigenvalue weighted by Crippen LogP contribution is 2.21. The average Bonchev–Trinajstić information content (AvgIpc) is 3.11. The Kier molecular flexibility index (Phi) is 5.46. The molecule has 3 heterocycles. The third kappa shape index (κ3) is 3.95.